The number of ether oxygens (including phenoxy) is 1. The predicted molar refractivity (Wildman–Crippen MR) is 102 cm³/mol. The third-order valence-corrected chi connectivity index (χ3v) is 4.21. The Hall–Kier alpha value is -2.95. The van der Waals surface area contributed by atoms with Gasteiger partial charge in [0.05, 0.1) is 10.9 Å². The summed E-state index contributed by atoms with van der Waals surface area (Å²) in [6, 6.07) is 12.6. The first-order chi connectivity index (χ1) is 12.7. The van der Waals surface area contributed by atoms with E-state index < -0.39 is 6.11 Å². The highest BCUT2D eigenvalue weighted by Gasteiger charge is 2.39. The van der Waals surface area contributed by atoms with Crippen LogP contribution in [0.4, 0.5) is 8.78 Å². The van der Waals surface area contributed by atoms with Crippen LogP contribution < -0.4 is 5.63 Å². The van der Waals surface area contributed by atoms with Crippen molar-refractivity contribution in [2.75, 3.05) is 0 Å². The third-order valence-electron chi connectivity index (χ3n) is 4.21. The molecule has 0 atom stereocenters. The molecule has 1 aliphatic heterocycles. The Morgan fingerprint density at radius 1 is 0.889 bits per heavy atom. The van der Waals surface area contributed by atoms with Crippen LogP contribution in [-0.4, -0.2) is 0 Å². The Labute approximate surface area is 155 Å². The summed E-state index contributed by atoms with van der Waals surface area (Å²) >= 11 is 0. The molecule has 0 saturated heterocycles. The van der Waals surface area contributed by atoms with Crippen molar-refractivity contribution in [3.63, 3.8) is 0 Å². The Bertz CT molecular complexity index is 1090. The van der Waals surface area contributed by atoms with Gasteiger partial charge in [-0.05, 0) is 62.9 Å². The molecule has 3 nitrogen and oxygen atoms in total. The molecule has 0 saturated carbocycles. The van der Waals surface area contributed by atoms with Gasteiger partial charge in [-0.2, -0.15) is 8.78 Å². The first-order valence-corrected chi connectivity index (χ1v) is 8.53. The molecule has 5 heteroatoms. The van der Waals surface area contributed by atoms with Crippen LogP contribution in [0.1, 0.15) is 34.9 Å². The molecule has 1 aromatic heterocycles. The van der Waals surface area contributed by atoms with Gasteiger partial charge in [-0.15, -0.1) is 0 Å². The number of hydrogen-bond acceptors (Lipinski definition) is 3. The van der Waals surface area contributed by atoms with Crippen LogP contribution in [-0.2, 0) is 10.8 Å². The number of aryl methyl sites for hydroxylation is 3. The summed E-state index contributed by atoms with van der Waals surface area (Å²) in [4.78, 5) is 11.4. The van der Waals surface area contributed by atoms with E-state index in [1.165, 1.54) is 13.0 Å². The average Bonchev–Trinajstić information content (AvgIpc) is 2.56. The summed E-state index contributed by atoms with van der Waals surface area (Å²) in [6.45, 7) is 7.04. The Morgan fingerprint density at radius 2 is 1.56 bits per heavy atom. The number of halogens is 2. The first-order valence-electron chi connectivity index (χ1n) is 8.53. The Balaban J connectivity index is 0.000000156. The van der Waals surface area contributed by atoms with Crippen molar-refractivity contribution in [2.24, 2.45) is 0 Å². The van der Waals surface area contributed by atoms with Gasteiger partial charge < -0.3 is 9.15 Å². The minimum atomic E-state index is -3.19. The molecule has 0 N–H and O–H groups in total. The molecule has 2 heterocycles. The fraction of sp³-hybridized carbons (Fsp3) is 0.227. The van der Waals surface area contributed by atoms with Gasteiger partial charge in [-0.25, -0.2) is 4.79 Å². The number of allylic oxidation sites excluding steroid dienone is 1. The molecule has 0 amide bonds. The summed E-state index contributed by atoms with van der Waals surface area (Å²) in [6.07, 6.45) is -1.58. The van der Waals surface area contributed by atoms with Crippen molar-refractivity contribution in [3.8, 4) is 0 Å². The quantitative estimate of drug-likeness (QED) is 0.499. The minimum Gasteiger partial charge on any atom is -0.434 e. The molecule has 2 aromatic carbocycles. The van der Waals surface area contributed by atoms with Gasteiger partial charge in [0.15, 0.2) is 0 Å². The molecule has 3 aromatic rings. The molecule has 27 heavy (non-hydrogen) atoms. The second kappa shape index (κ2) is 6.99. The van der Waals surface area contributed by atoms with Crippen LogP contribution in [0.25, 0.3) is 16.8 Å². The van der Waals surface area contributed by atoms with Gasteiger partial charge in [0.2, 0.25) is 0 Å². The minimum absolute atomic E-state index is 0.0527. The number of alkyl halides is 2. The number of rotatable bonds is 0. The molecule has 4 rings (SSSR count). The fourth-order valence-electron chi connectivity index (χ4n) is 2.98. The van der Waals surface area contributed by atoms with Gasteiger partial charge in [0, 0.05) is 0 Å². The summed E-state index contributed by atoms with van der Waals surface area (Å²) < 4.78 is 36.2. The van der Waals surface area contributed by atoms with Gasteiger partial charge >= 0.3 is 11.7 Å². The zero-order valence-electron chi connectivity index (χ0n) is 15.6. The van der Waals surface area contributed by atoms with Gasteiger partial charge in [0.1, 0.15) is 11.5 Å². The van der Waals surface area contributed by atoms with E-state index in [1.54, 1.807) is 26.0 Å². The third kappa shape index (κ3) is 4.08. The molecule has 0 aliphatic carbocycles. The monoisotopic (exact) mass is 370 g/mol. The van der Waals surface area contributed by atoms with Crippen LogP contribution >= 0.6 is 0 Å². The Kier molecular flexibility index (Phi) is 4.87. The van der Waals surface area contributed by atoms with Crippen molar-refractivity contribution in [3.05, 3.63) is 86.7 Å². The molecular formula is C22H20F2O3. The maximum Gasteiger partial charge on any atom is 0.426 e. The van der Waals surface area contributed by atoms with Crippen LogP contribution in [0.2, 0.25) is 0 Å². The molecule has 140 valence electrons. The highest BCUT2D eigenvalue weighted by molar-refractivity contribution is 5.81. The summed E-state index contributed by atoms with van der Waals surface area (Å²) in [5, 5.41) is 1.60. The van der Waals surface area contributed by atoms with Gasteiger partial charge in [-0.3, -0.25) is 0 Å². The SMILES string of the molecule is CC1=Cc2ccc(C)cc2C(F)(F)O1.Cc1ccc2cc(C)oc(=O)c2c1. The second-order valence-electron chi connectivity index (χ2n) is 6.70. The van der Waals surface area contributed by atoms with E-state index in [1.807, 2.05) is 37.3 Å². The lowest BCUT2D eigenvalue weighted by molar-refractivity contribution is -0.225. The highest BCUT2D eigenvalue weighted by Crippen LogP contribution is 2.39. The first kappa shape index (κ1) is 18.8. The zero-order chi connectivity index (χ0) is 19.8. The predicted octanol–water partition coefficient (Wildman–Crippen LogP) is 5.85. The van der Waals surface area contributed by atoms with Crippen molar-refractivity contribution in [2.45, 2.75) is 33.8 Å². The maximum atomic E-state index is 13.4. The molecule has 1 aliphatic rings. The van der Waals surface area contributed by atoms with Gasteiger partial charge in [0.25, 0.3) is 0 Å². The number of benzene rings is 2. The topological polar surface area (TPSA) is 39.4 Å². The van der Waals surface area contributed by atoms with Crippen molar-refractivity contribution < 1.29 is 17.9 Å². The number of fused-ring (bicyclic) bond motifs is 2. The van der Waals surface area contributed by atoms with E-state index in [2.05, 4.69) is 4.74 Å². The van der Waals surface area contributed by atoms with Crippen LogP contribution in [0.3, 0.4) is 0 Å². The second-order valence-corrected chi connectivity index (χ2v) is 6.70. The molecule has 0 unspecified atom stereocenters. The summed E-state index contributed by atoms with van der Waals surface area (Å²) in [5.74, 6) is 0.896. The lowest BCUT2D eigenvalue weighted by Crippen LogP contribution is -2.21. The van der Waals surface area contributed by atoms with E-state index in [9.17, 15) is 13.6 Å². The van der Waals surface area contributed by atoms with E-state index in [4.69, 9.17) is 4.42 Å². The molecular weight excluding hydrogens is 350 g/mol. The zero-order valence-corrected chi connectivity index (χ0v) is 15.6. The van der Waals surface area contributed by atoms with Gasteiger partial charge in [-0.1, -0.05) is 35.4 Å². The average molecular weight is 370 g/mol. The number of hydrogen-bond donors (Lipinski definition) is 0. The molecule has 0 fully saturated rings. The summed E-state index contributed by atoms with van der Waals surface area (Å²) in [5.41, 5.74) is 2.11. The smallest absolute Gasteiger partial charge is 0.426 e. The largest absolute Gasteiger partial charge is 0.434 e. The molecule has 0 radical (unpaired) electrons. The van der Waals surface area contributed by atoms with E-state index in [0.717, 1.165) is 16.5 Å². The molecule has 0 spiro atoms. The maximum absolute atomic E-state index is 13.4. The van der Waals surface area contributed by atoms with Crippen molar-refractivity contribution in [1.29, 1.82) is 0 Å². The highest BCUT2D eigenvalue weighted by atomic mass is 19.3. The van der Waals surface area contributed by atoms with Crippen LogP contribution in [0, 0.1) is 20.8 Å². The van der Waals surface area contributed by atoms with Crippen LogP contribution in [0.5, 0.6) is 0 Å². The van der Waals surface area contributed by atoms with Crippen molar-refractivity contribution in [1.82, 2.24) is 0 Å². The van der Waals surface area contributed by atoms with E-state index in [0.29, 0.717) is 16.7 Å². The van der Waals surface area contributed by atoms with Crippen molar-refractivity contribution >= 4 is 16.8 Å². The fourth-order valence-corrected chi connectivity index (χ4v) is 2.98. The Morgan fingerprint density at radius 3 is 2.30 bits per heavy atom. The normalized spacial score (nSPS) is 14.5. The van der Waals surface area contributed by atoms with Crippen LogP contribution in [0.15, 0.2) is 57.4 Å². The summed E-state index contributed by atoms with van der Waals surface area (Å²) in [7, 11) is 0. The lowest BCUT2D eigenvalue weighted by atomic mass is 10.0. The van der Waals surface area contributed by atoms with E-state index >= 15 is 0 Å². The van der Waals surface area contributed by atoms with E-state index in [-0.39, 0.29) is 16.9 Å². The molecule has 0 bridgehead atoms. The standard InChI is InChI=1S/C11H10F2O.C11H10O2/c1-7-3-4-9-6-8(2)14-11(12,13)10(9)5-7;1-7-3-4-9-6-8(2)13-11(12)10(9)5-7/h3-6H,1-2H3;3-6H,1-2H3. The lowest BCUT2D eigenvalue weighted by Gasteiger charge is -2.24.